The summed E-state index contributed by atoms with van der Waals surface area (Å²) in [5.41, 5.74) is 2.44. The van der Waals surface area contributed by atoms with Crippen molar-refractivity contribution < 1.29 is 49.6 Å². The van der Waals surface area contributed by atoms with Crippen molar-refractivity contribution >= 4 is 11.8 Å². The van der Waals surface area contributed by atoms with Crippen LogP contribution in [0.3, 0.4) is 0 Å². The number of nitrogens with zero attached hydrogens (tertiary/aromatic N) is 4. The summed E-state index contributed by atoms with van der Waals surface area (Å²) in [6.07, 6.45) is 3.13. The van der Waals surface area contributed by atoms with Crippen LogP contribution in [0.5, 0.6) is 11.5 Å². The van der Waals surface area contributed by atoms with E-state index in [2.05, 4.69) is 24.3 Å². The number of quaternary nitrogens is 2. The predicted molar refractivity (Wildman–Crippen MR) is 161 cm³/mol. The summed E-state index contributed by atoms with van der Waals surface area (Å²) >= 11 is -0.536. The molecule has 2 heterocycles. The minimum absolute atomic E-state index is 0.0377. The summed E-state index contributed by atoms with van der Waals surface area (Å²) in [5.74, 6) is 1.70. The number of piperazine rings is 2. The van der Waals surface area contributed by atoms with E-state index in [9.17, 15) is 20.0 Å². The Hall–Kier alpha value is -2.45. The van der Waals surface area contributed by atoms with Crippen LogP contribution in [0.2, 0.25) is 0 Å². The Bertz CT molecular complexity index is 1160. The number of carbonyl (C=O) groups excluding carboxylic acids is 2. The van der Waals surface area contributed by atoms with Crippen LogP contribution in [0.4, 0.5) is 0 Å². The molecule has 2 aromatic carbocycles. The zero-order valence-electron chi connectivity index (χ0n) is 26.0. The summed E-state index contributed by atoms with van der Waals surface area (Å²) in [6, 6.07) is 12.6. The first kappa shape index (κ1) is 33.4. The van der Waals surface area contributed by atoms with E-state index in [4.69, 9.17) is 9.47 Å². The molecule has 2 aliphatic heterocycles. The van der Waals surface area contributed by atoms with Gasteiger partial charge in [0.2, 0.25) is 0 Å². The number of ether oxygens (including phenoxy) is 2. The third kappa shape index (κ3) is 9.27. The SMILES string of the molecule is COc1ccc([I-]c2ccc(OC)cc2CCC[N+]2([O-])CCN(C(C)=O)CC2)c(CCC[N+]2([O-])CCN(C(C)=O)CC2)c1. The Morgan fingerprint density at radius 2 is 1.09 bits per heavy atom. The number of hydrogen-bond donors (Lipinski definition) is 0. The maximum atomic E-state index is 13.3. The third-order valence-corrected chi connectivity index (χ3v) is 12.0. The van der Waals surface area contributed by atoms with Gasteiger partial charge < -0.3 is 0 Å². The zero-order valence-corrected chi connectivity index (χ0v) is 28.1. The van der Waals surface area contributed by atoms with Gasteiger partial charge in [-0.05, 0) is 0 Å². The first-order chi connectivity index (χ1) is 20.5. The third-order valence-electron chi connectivity index (χ3n) is 8.73. The summed E-state index contributed by atoms with van der Waals surface area (Å²) in [6.45, 7) is 8.10. The average Bonchev–Trinajstić information content (AvgIpc) is 2.99. The molecule has 0 spiro atoms. The molecule has 0 N–H and O–H groups in total. The number of amides is 2. The van der Waals surface area contributed by atoms with Gasteiger partial charge in [0.05, 0.1) is 0 Å². The Kier molecular flexibility index (Phi) is 11.7. The molecular formula is C32H46IN4O6-. The molecule has 10 nitrogen and oxygen atoms in total. The van der Waals surface area contributed by atoms with Gasteiger partial charge in [0.1, 0.15) is 0 Å². The molecule has 0 bridgehead atoms. The van der Waals surface area contributed by atoms with E-state index in [-0.39, 0.29) is 21.1 Å². The first-order valence-corrected chi connectivity index (χ1v) is 17.3. The van der Waals surface area contributed by atoms with Crippen LogP contribution in [0, 0.1) is 17.6 Å². The number of halogens is 1. The van der Waals surface area contributed by atoms with E-state index < -0.39 is 21.2 Å². The number of carbonyl (C=O) groups is 2. The number of benzene rings is 2. The molecule has 238 valence electrons. The Labute approximate surface area is 266 Å². The van der Waals surface area contributed by atoms with Gasteiger partial charge >= 0.3 is 267 Å². The van der Waals surface area contributed by atoms with Gasteiger partial charge in [-0.25, -0.2) is 0 Å². The molecule has 4 rings (SSSR count). The van der Waals surface area contributed by atoms with Gasteiger partial charge in [-0.3, -0.25) is 0 Å². The molecule has 2 saturated heterocycles. The topological polar surface area (TPSA) is 105 Å². The number of hydrogen-bond acceptors (Lipinski definition) is 6. The predicted octanol–water partition coefficient (Wildman–Crippen LogP) is 0.0508. The Morgan fingerprint density at radius 1 is 0.721 bits per heavy atom. The first-order valence-electron chi connectivity index (χ1n) is 15.2. The number of aryl methyl sites for hydroxylation is 2. The van der Waals surface area contributed by atoms with E-state index in [1.165, 1.54) is 18.3 Å². The van der Waals surface area contributed by atoms with Crippen molar-refractivity contribution in [2.45, 2.75) is 39.5 Å². The zero-order chi connectivity index (χ0) is 31.0. The molecule has 2 amide bonds. The molecule has 2 aromatic rings. The molecule has 2 aliphatic rings. The molecule has 11 heteroatoms. The molecule has 0 radical (unpaired) electrons. The van der Waals surface area contributed by atoms with Crippen LogP contribution in [0.25, 0.3) is 0 Å². The monoisotopic (exact) mass is 709 g/mol. The van der Waals surface area contributed by atoms with Crippen LogP contribution >= 0.6 is 0 Å². The van der Waals surface area contributed by atoms with Crippen molar-refractivity contribution in [2.75, 3.05) is 79.7 Å². The fourth-order valence-electron chi connectivity index (χ4n) is 5.88. The Balaban J connectivity index is 1.41. The van der Waals surface area contributed by atoms with Crippen molar-refractivity contribution in [2.24, 2.45) is 0 Å². The molecule has 2 fully saturated rings. The number of rotatable bonds is 12. The summed E-state index contributed by atoms with van der Waals surface area (Å²) < 4.78 is 13.2. The second kappa shape index (κ2) is 15.0. The van der Waals surface area contributed by atoms with Crippen molar-refractivity contribution in [3.8, 4) is 11.5 Å². The van der Waals surface area contributed by atoms with Gasteiger partial charge in [0.15, 0.2) is 0 Å². The van der Waals surface area contributed by atoms with Crippen LogP contribution in [0.15, 0.2) is 36.4 Å². The Morgan fingerprint density at radius 3 is 1.42 bits per heavy atom. The van der Waals surface area contributed by atoms with Crippen molar-refractivity contribution in [3.63, 3.8) is 0 Å². The maximum absolute atomic E-state index is 13.3. The molecule has 0 aromatic heterocycles. The molecular weight excluding hydrogens is 663 g/mol. The van der Waals surface area contributed by atoms with Crippen molar-refractivity contribution in [3.05, 3.63) is 65.1 Å². The number of hydroxylamine groups is 6. The van der Waals surface area contributed by atoms with E-state index in [0.717, 1.165) is 37.2 Å². The molecule has 0 unspecified atom stereocenters. The molecule has 0 aliphatic carbocycles. The van der Waals surface area contributed by atoms with Crippen LogP contribution in [-0.2, 0) is 22.4 Å². The van der Waals surface area contributed by atoms with Crippen molar-refractivity contribution in [1.29, 1.82) is 0 Å². The van der Waals surface area contributed by atoms with E-state index >= 15 is 0 Å². The van der Waals surface area contributed by atoms with Gasteiger partial charge in [-0.2, -0.15) is 0 Å². The van der Waals surface area contributed by atoms with Crippen molar-refractivity contribution in [1.82, 2.24) is 9.80 Å². The normalized spacial score (nSPS) is 18.0. The molecule has 43 heavy (non-hydrogen) atoms. The summed E-state index contributed by atoms with van der Waals surface area (Å²) in [5, 5.41) is 26.6. The van der Waals surface area contributed by atoms with Gasteiger partial charge in [-0.15, -0.1) is 0 Å². The van der Waals surface area contributed by atoms with E-state index in [1.807, 2.05) is 12.1 Å². The second-order valence-electron chi connectivity index (χ2n) is 11.7. The number of methoxy groups -OCH3 is 2. The van der Waals surface area contributed by atoms with Crippen LogP contribution < -0.4 is 30.7 Å². The average molecular weight is 710 g/mol. The van der Waals surface area contributed by atoms with Crippen LogP contribution in [-0.4, -0.2) is 111 Å². The molecule has 0 saturated carbocycles. The standard InChI is InChI=1S/C32H46IN4O6/c1-25(38)34-13-19-36(40,20-14-34)17-5-7-27-23-29(42-3)9-11-31(27)33-32-12-10-30(43-4)24-28(32)8-6-18-37(41)21-15-35(16-22-37)26(2)39/h9-12,23-24H,5-8,13-22H2,1-4H3/q-1. The fraction of sp³-hybridized carbons (Fsp3) is 0.562. The fourth-order valence-corrected chi connectivity index (χ4v) is 8.77. The van der Waals surface area contributed by atoms with E-state index in [1.54, 1.807) is 37.9 Å². The van der Waals surface area contributed by atoms with E-state index in [0.29, 0.717) is 65.4 Å². The molecule has 0 atom stereocenters. The van der Waals surface area contributed by atoms with Gasteiger partial charge in [-0.1, -0.05) is 0 Å². The summed E-state index contributed by atoms with van der Waals surface area (Å²) in [7, 11) is 3.35. The van der Waals surface area contributed by atoms with Gasteiger partial charge in [0, 0.05) is 0 Å². The van der Waals surface area contributed by atoms with Crippen LogP contribution in [0.1, 0.15) is 37.8 Å². The minimum atomic E-state index is -0.536. The second-order valence-corrected chi connectivity index (χ2v) is 14.6. The quantitative estimate of drug-likeness (QED) is 0.176. The van der Waals surface area contributed by atoms with Gasteiger partial charge in [0.25, 0.3) is 0 Å². The summed E-state index contributed by atoms with van der Waals surface area (Å²) in [4.78, 5) is 26.9.